The first-order valence-electron chi connectivity index (χ1n) is 9.91. The first-order chi connectivity index (χ1) is 14.9. The van der Waals surface area contributed by atoms with Gasteiger partial charge in [0.2, 0.25) is 5.91 Å². The van der Waals surface area contributed by atoms with E-state index in [1.165, 1.54) is 25.2 Å². The van der Waals surface area contributed by atoms with Gasteiger partial charge in [-0.2, -0.15) is 0 Å². The molecule has 1 aliphatic rings. The van der Waals surface area contributed by atoms with Crippen LogP contribution in [0.4, 0.5) is 11.4 Å². The number of nitrogens with zero attached hydrogens (tertiary/aromatic N) is 2. The van der Waals surface area contributed by atoms with Crippen LogP contribution in [0.1, 0.15) is 28.8 Å². The summed E-state index contributed by atoms with van der Waals surface area (Å²) < 4.78 is 10.4. The molecule has 0 unspecified atom stereocenters. The summed E-state index contributed by atoms with van der Waals surface area (Å²) in [6.07, 6.45) is 1.98. The number of amides is 2. The molecule has 9 nitrogen and oxygen atoms in total. The molecule has 2 aromatic rings. The Morgan fingerprint density at radius 3 is 2.42 bits per heavy atom. The van der Waals surface area contributed by atoms with Crippen molar-refractivity contribution >= 4 is 23.2 Å². The van der Waals surface area contributed by atoms with Crippen molar-refractivity contribution in [3.8, 4) is 11.5 Å². The second-order valence-electron chi connectivity index (χ2n) is 7.29. The molecule has 0 heterocycles. The Morgan fingerprint density at radius 2 is 1.81 bits per heavy atom. The van der Waals surface area contributed by atoms with Gasteiger partial charge in [0.15, 0.2) is 11.5 Å². The van der Waals surface area contributed by atoms with Crippen LogP contribution in [0.2, 0.25) is 0 Å². The van der Waals surface area contributed by atoms with Gasteiger partial charge < -0.3 is 19.7 Å². The van der Waals surface area contributed by atoms with Gasteiger partial charge in [-0.25, -0.2) is 0 Å². The normalized spacial score (nSPS) is 12.7. The molecule has 31 heavy (non-hydrogen) atoms. The van der Waals surface area contributed by atoms with E-state index < -0.39 is 4.92 Å². The Hall–Kier alpha value is -3.62. The van der Waals surface area contributed by atoms with Crippen LogP contribution >= 0.6 is 0 Å². The van der Waals surface area contributed by atoms with Crippen molar-refractivity contribution in [3.05, 3.63) is 57.6 Å². The molecule has 0 spiro atoms. The van der Waals surface area contributed by atoms with Gasteiger partial charge >= 0.3 is 0 Å². The lowest BCUT2D eigenvalue weighted by Gasteiger charge is -2.20. The van der Waals surface area contributed by atoms with Gasteiger partial charge in [0, 0.05) is 25.1 Å². The maximum atomic E-state index is 12.8. The second kappa shape index (κ2) is 9.46. The first kappa shape index (κ1) is 22.1. The van der Waals surface area contributed by atoms with Crippen LogP contribution in [-0.2, 0) is 11.2 Å². The van der Waals surface area contributed by atoms with Gasteiger partial charge in [0.05, 0.1) is 36.5 Å². The number of hydrogen-bond acceptors (Lipinski definition) is 6. The smallest absolute Gasteiger partial charge is 0.276 e. The van der Waals surface area contributed by atoms with Crippen LogP contribution in [-0.4, -0.2) is 44.5 Å². The predicted molar refractivity (Wildman–Crippen MR) is 115 cm³/mol. The summed E-state index contributed by atoms with van der Waals surface area (Å²) in [5, 5.41) is 14.2. The lowest BCUT2D eigenvalue weighted by atomic mass is 10.1. The van der Waals surface area contributed by atoms with Crippen molar-refractivity contribution in [2.24, 2.45) is 5.92 Å². The summed E-state index contributed by atoms with van der Waals surface area (Å²) in [7, 11) is 4.52. The van der Waals surface area contributed by atoms with E-state index in [4.69, 9.17) is 9.47 Å². The van der Waals surface area contributed by atoms with Crippen molar-refractivity contribution in [1.82, 2.24) is 5.32 Å². The lowest BCUT2D eigenvalue weighted by Crippen LogP contribution is -2.32. The van der Waals surface area contributed by atoms with Crippen LogP contribution in [0.15, 0.2) is 36.4 Å². The quantitative estimate of drug-likeness (QED) is 0.487. The number of carbonyl (C=O) groups is 2. The van der Waals surface area contributed by atoms with E-state index in [0.717, 1.165) is 12.8 Å². The summed E-state index contributed by atoms with van der Waals surface area (Å²) in [6, 6.07) is 9.74. The summed E-state index contributed by atoms with van der Waals surface area (Å²) in [6.45, 7) is 0.170. The van der Waals surface area contributed by atoms with E-state index in [2.05, 4.69) is 5.32 Å². The molecule has 3 rings (SSSR count). The van der Waals surface area contributed by atoms with E-state index >= 15 is 0 Å². The molecule has 1 saturated carbocycles. The zero-order chi connectivity index (χ0) is 22.5. The van der Waals surface area contributed by atoms with Crippen molar-refractivity contribution in [2.75, 3.05) is 32.7 Å². The van der Waals surface area contributed by atoms with E-state index in [1.54, 1.807) is 37.4 Å². The highest BCUT2D eigenvalue weighted by Gasteiger charge is 2.33. The Balaban J connectivity index is 1.72. The monoisotopic (exact) mass is 427 g/mol. The Labute approximate surface area is 180 Å². The van der Waals surface area contributed by atoms with Gasteiger partial charge in [-0.3, -0.25) is 19.7 Å². The average Bonchev–Trinajstić information content (AvgIpc) is 3.62. The minimum atomic E-state index is -0.493. The third-order valence-corrected chi connectivity index (χ3v) is 5.23. The third-order valence-electron chi connectivity index (χ3n) is 5.23. The number of anilines is 1. The molecular formula is C22H25N3O6. The fraction of sp³-hybridized carbons (Fsp3) is 0.364. The van der Waals surface area contributed by atoms with E-state index in [0.29, 0.717) is 22.6 Å². The highest BCUT2D eigenvalue weighted by molar-refractivity contribution is 6.05. The van der Waals surface area contributed by atoms with Crippen molar-refractivity contribution < 1.29 is 24.0 Å². The molecule has 2 aromatic carbocycles. The van der Waals surface area contributed by atoms with Gasteiger partial charge in [0.1, 0.15) is 0 Å². The minimum absolute atomic E-state index is 0.00111. The topological polar surface area (TPSA) is 111 Å². The number of nitrogens with one attached hydrogen (secondary N) is 1. The molecule has 0 atom stereocenters. The van der Waals surface area contributed by atoms with Crippen LogP contribution in [0.3, 0.4) is 0 Å². The molecule has 2 amide bonds. The van der Waals surface area contributed by atoms with Gasteiger partial charge in [0.25, 0.3) is 11.6 Å². The van der Waals surface area contributed by atoms with E-state index in [1.807, 2.05) is 0 Å². The SMILES string of the molecule is COc1cc(CCNC(=O)c2ccccc2N(C)C(=O)C2CC2)c([N+](=O)[O-])cc1OC. The zero-order valence-electron chi connectivity index (χ0n) is 17.7. The number of methoxy groups -OCH3 is 2. The highest BCUT2D eigenvalue weighted by Crippen LogP contribution is 2.35. The molecule has 1 aliphatic carbocycles. The first-order valence-corrected chi connectivity index (χ1v) is 9.91. The molecule has 9 heteroatoms. The Bertz CT molecular complexity index is 1000. The number of carbonyl (C=O) groups excluding carboxylic acids is 2. The number of hydrogen-bond donors (Lipinski definition) is 1. The minimum Gasteiger partial charge on any atom is -0.493 e. The van der Waals surface area contributed by atoms with Crippen LogP contribution in [0, 0.1) is 16.0 Å². The van der Waals surface area contributed by atoms with Crippen molar-refractivity contribution in [1.29, 1.82) is 0 Å². The van der Waals surface area contributed by atoms with Crippen LogP contribution < -0.4 is 19.7 Å². The van der Waals surface area contributed by atoms with E-state index in [-0.39, 0.29) is 42.1 Å². The van der Waals surface area contributed by atoms with E-state index in [9.17, 15) is 19.7 Å². The lowest BCUT2D eigenvalue weighted by molar-refractivity contribution is -0.385. The molecule has 0 aliphatic heterocycles. The number of para-hydroxylation sites is 1. The van der Waals surface area contributed by atoms with Crippen molar-refractivity contribution in [2.45, 2.75) is 19.3 Å². The standard InChI is InChI=1S/C22H25N3O6/c1-24(22(27)14-8-9-14)17-7-5-4-6-16(17)21(26)23-11-10-15-12-19(30-2)20(31-3)13-18(15)25(28)29/h4-7,12-14H,8-11H2,1-3H3,(H,23,26). The Kier molecular flexibility index (Phi) is 6.74. The number of nitro benzene ring substituents is 1. The molecule has 0 saturated heterocycles. The fourth-order valence-electron chi connectivity index (χ4n) is 3.37. The maximum absolute atomic E-state index is 12.8. The number of nitro groups is 1. The third kappa shape index (κ3) is 4.93. The molecular weight excluding hydrogens is 402 g/mol. The van der Waals surface area contributed by atoms with Gasteiger partial charge in [-0.15, -0.1) is 0 Å². The largest absolute Gasteiger partial charge is 0.493 e. The number of ether oxygens (including phenoxy) is 2. The molecule has 1 fully saturated rings. The fourth-order valence-corrected chi connectivity index (χ4v) is 3.37. The molecule has 164 valence electrons. The number of rotatable bonds is 9. The van der Waals surface area contributed by atoms with Gasteiger partial charge in [-0.05, 0) is 37.5 Å². The Morgan fingerprint density at radius 1 is 1.16 bits per heavy atom. The predicted octanol–water partition coefficient (Wildman–Crippen LogP) is 2.96. The molecule has 1 N–H and O–H groups in total. The summed E-state index contributed by atoms with van der Waals surface area (Å²) >= 11 is 0. The molecule has 0 radical (unpaired) electrons. The zero-order valence-corrected chi connectivity index (χ0v) is 17.7. The molecule has 0 bridgehead atoms. The summed E-state index contributed by atoms with van der Waals surface area (Å²) in [5.41, 5.74) is 1.22. The summed E-state index contributed by atoms with van der Waals surface area (Å²) in [5.74, 6) is 0.321. The van der Waals surface area contributed by atoms with Gasteiger partial charge in [-0.1, -0.05) is 12.1 Å². The number of benzene rings is 2. The maximum Gasteiger partial charge on any atom is 0.276 e. The van der Waals surface area contributed by atoms with Crippen molar-refractivity contribution in [3.63, 3.8) is 0 Å². The second-order valence-corrected chi connectivity index (χ2v) is 7.29. The highest BCUT2D eigenvalue weighted by atomic mass is 16.6. The average molecular weight is 427 g/mol. The summed E-state index contributed by atoms with van der Waals surface area (Å²) in [4.78, 5) is 37.6. The molecule has 0 aromatic heterocycles. The van der Waals surface area contributed by atoms with Crippen LogP contribution in [0.5, 0.6) is 11.5 Å². The van der Waals surface area contributed by atoms with Crippen LogP contribution in [0.25, 0.3) is 0 Å².